The zero-order chi connectivity index (χ0) is 29.0. The molecule has 0 radical (unpaired) electrons. The van der Waals surface area contributed by atoms with Crippen LogP contribution in [0.25, 0.3) is 0 Å². The van der Waals surface area contributed by atoms with Crippen molar-refractivity contribution in [3.8, 4) is 5.75 Å². The van der Waals surface area contributed by atoms with Crippen molar-refractivity contribution < 1.29 is 36.2 Å². The number of benzene rings is 3. The Labute approximate surface area is 238 Å². The predicted octanol–water partition coefficient (Wildman–Crippen LogP) is 8.60. The van der Waals surface area contributed by atoms with E-state index in [0.29, 0.717) is 0 Å². The topological polar surface area (TPSA) is 29.5 Å². The quantitative estimate of drug-likeness (QED) is 0.220. The normalized spacial score (nSPS) is 26.8. The molecule has 1 atom stereocenters. The Hall–Kier alpha value is -2.65. The molecular formula is C32H31F6O2S+. The molecule has 218 valence electrons. The van der Waals surface area contributed by atoms with Gasteiger partial charge >= 0.3 is 12.4 Å². The SMILES string of the molecule is OC(C(Oc1ccc([S+](c2ccccc2)c2ccccc2)cc1)C12CC3CC(CC(C3)C1)C2)(C(F)(F)F)C(F)(F)F. The first-order valence-electron chi connectivity index (χ1n) is 13.9. The molecule has 4 bridgehead atoms. The molecule has 2 nitrogen and oxygen atoms in total. The number of hydrogen-bond acceptors (Lipinski definition) is 2. The summed E-state index contributed by atoms with van der Waals surface area (Å²) in [6.07, 6.45) is -11.4. The molecule has 1 unspecified atom stereocenters. The molecule has 3 aromatic rings. The summed E-state index contributed by atoms with van der Waals surface area (Å²) in [5, 5.41) is 10.7. The van der Waals surface area contributed by atoms with E-state index in [1.54, 1.807) is 12.1 Å². The standard InChI is InChI=1S/C32H31F6O2S/c33-31(34,35)30(39,32(36,37)38)28(29-18-21-15-22(19-29)17-23(16-21)20-29)40-24-11-13-27(14-12-24)41(25-7-3-1-4-8-25)26-9-5-2-6-10-26/h1-14,21-23,28,39H,15-20H2/q+1. The zero-order valence-corrected chi connectivity index (χ0v) is 23.0. The van der Waals surface area contributed by atoms with Crippen LogP contribution in [-0.2, 0) is 10.9 Å². The molecule has 0 saturated heterocycles. The van der Waals surface area contributed by atoms with E-state index in [4.69, 9.17) is 4.74 Å². The van der Waals surface area contributed by atoms with Crippen molar-refractivity contribution in [2.24, 2.45) is 23.2 Å². The van der Waals surface area contributed by atoms with E-state index in [9.17, 15) is 31.4 Å². The summed E-state index contributed by atoms with van der Waals surface area (Å²) in [6.45, 7) is 0. The Kier molecular flexibility index (Phi) is 7.13. The predicted molar refractivity (Wildman–Crippen MR) is 144 cm³/mol. The molecule has 0 spiro atoms. The van der Waals surface area contributed by atoms with Gasteiger partial charge in [0.05, 0.1) is 10.9 Å². The fourth-order valence-corrected chi connectivity index (χ4v) is 10.0. The number of halogens is 6. The maximum absolute atomic E-state index is 14.3. The Morgan fingerprint density at radius 1 is 0.634 bits per heavy atom. The highest BCUT2D eigenvalue weighted by Crippen LogP contribution is 2.65. The van der Waals surface area contributed by atoms with Crippen LogP contribution in [0.2, 0.25) is 0 Å². The average molecular weight is 594 g/mol. The van der Waals surface area contributed by atoms with E-state index in [2.05, 4.69) is 0 Å². The number of rotatable bonds is 7. The third-order valence-electron chi connectivity index (χ3n) is 9.16. The van der Waals surface area contributed by atoms with Gasteiger partial charge in [0.2, 0.25) is 0 Å². The van der Waals surface area contributed by atoms with Gasteiger partial charge in [-0.15, -0.1) is 0 Å². The first-order valence-corrected chi connectivity index (χ1v) is 15.1. The first kappa shape index (κ1) is 28.5. The van der Waals surface area contributed by atoms with Gasteiger partial charge in [-0.1, -0.05) is 36.4 Å². The molecule has 3 aromatic carbocycles. The molecule has 4 fully saturated rings. The van der Waals surface area contributed by atoms with Crippen LogP contribution in [0.4, 0.5) is 26.3 Å². The molecular weight excluding hydrogens is 562 g/mol. The van der Waals surface area contributed by atoms with Crippen molar-refractivity contribution in [3.05, 3.63) is 84.9 Å². The summed E-state index contributed by atoms with van der Waals surface area (Å²) in [5.41, 5.74) is -6.41. The van der Waals surface area contributed by atoms with Crippen LogP contribution in [0.15, 0.2) is 99.6 Å². The van der Waals surface area contributed by atoms with Gasteiger partial charge < -0.3 is 9.84 Å². The number of hydrogen-bond donors (Lipinski definition) is 1. The van der Waals surface area contributed by atoms with Crippen molar-refractivity contribution in [1.29, 1.82) is 0 Å². The van der Waals surface area contributed by atoms with Crippen LogP contribution in [-0.4, -0.2) is 29.2 Å². The maximum atomic E-state index is 14.3. The Morgan fingerprint density at radius 3 is 1.41 bits per heavy atom. The Morgan fingerprint density at radius 2 is 1.02 bits per heavy atom. The van der Waals surface area contributed by atoms with Crippen molar-refractivity contribution >= 4 is 10.9 Å². The minimum atomic E-state index is -5.97. The van der Waals surface area contributed by atoms with Crippen LogP contribution in [0.1, 0.15) is 38.5 Å². The average Bonchev–Trinajstić information content (AvgIpc) is 2.91. The van der Waals surface area contributed by atoms with Crippen LogP contribution in [0.3, 0.4) is 0 Å². The molecule has 0 aliphatic heterocycles. The van der Waals surface area contributed by atoms with Gasteiger partial charge in [0.1, 0.15) is 5.75 Å². The van der Waals surface area contributed by atoms with E-state index in [1.165, 1.54) is 12.1 Å². The molecule has 1 N–H and O–H groups in total. The van der Waals surface area contributed by atoms with E-state index in [-0.39, 0.29) is 42.8 Å². The third-order valence-corrected chi connectivity index (χ3v) is 11.4. The zero-order valence-electron chi connectivity index (χ0n) is 22.2. The highest BCUT2D eigenvalue weighted by molar-refractivity contribution is 7.97. The van der Waals surface area contributed by atoms with Gasteiger partial charge in [0.25, 0.3) is 5.60 Å². The summed E-state index contributed by atoms with van der Waals surface area (Å²) in [7, 11) is -0.555. The first-order chi connectivity index (χ1) is 19.4. The van der Waals surface area contributed by atoms with Gasteiger partial charge in [-0.05, 0) is 105 Å². The van der Waals surface area contributed by atoms with Crippen LogP contribution in [0, 0.1) is 23.2 Å². The molecule has 9 heteroatoms. The lowest BCUT2D eigenvalue weighted by atomic mass is 9.46. The van der Waals surface area contributed by atoms with E-state index >= 15 is 0 Å². The van der Waals surface area contributed by atoms with E-state index in [0.717, 1.165) is 33.9 Å². The van der Waals surface area contributed by atoms with Crippen molar-refractivity contribution in [2.75, 3.05) is 0 Å². The summed E-state index contributed by atoms with van der Waals surface area (Å²) >= 11 is 0. The van der Waals surface area contributed by atoms with Gasteiger partial charge in [-0.3, -0.25) is 0 Å². The number of aliphatic hydroxyl groups is 1. The Balaban J connectivity index is 1.39. The van der Waals surface area contributed by atoms with Gasteiger partial charge in [0.15, 0.2) is 20.8 Å². The maximum Gasteiger partial charge on any atom is 0.430 e. The molecule has 0 heterocycles. The lowest BCUT2D eigenvalue weighted by Crippen LogP contribution is -2.72. The molecule has 0 amide bonds. The van der Waals surface area contributed by atoms with Crippen LogP contribution < -0.4 is 4.74 Å². The van der Waals surface area contributed by atoms with Crippen LogP contribution in [0.5, 0.6) is 5.75 Å². The molecule has 4 aliphatic carbocycles. The van der Waals surface area contributed by atoms with Gasteiger partial charge in [-0.2, -0.15) is 26.3 Å². The highest BCUT2D eigenvalue weighted by atomic mass is 32.2. The lowest BCUT2D eigenvalue weighted by Gasteiger charge is -2.61. The fraction of sp³-hybridized carbons (Fsp3) is 0.438. The minimum absolute atomic E-state index is 0.0548. The molecule has 4 aliphatic rings. The van der Waals surface area contributed by atoms with Crippen molar-refractivity contribution in [2.45, 2.75) is 77.3 Å². The fourth-order valence-electron chi connectivity index (χ4n) is 7.92. The monoisotopic (exact) mass is 593 g/mol. The summed E-state index contributed by atoms with van der Waals surface area (Å²) in [6, 6.07) is 25.7. The molecule has 0 aromatic heterocycles. The molecule has 4 saturated carbocycles. The highest BCUT2D eigenvalue weighted by Gasteiger charge is 2.79. The van der Waals surface area contributed by atoms with E-state index < -0.39 is 40.4 Å². The summed E-state index contributed by atoms with van der Waals surface area (Å²) in [5.74, 6) is 0.0449. The second kappa shape index (κ2) is 10.3. The summed E-state index contributed by atoms with van der Waals surface area (Å²) < 4.78 is 91.8. The molecule has 7 rings (SSSR count). The van der Waals surface area contributed by atoms with Gasteiger partial charge in [-0.25, -0.2) is 0 Å². The minimum Gasteiger partial charge on any atom is -0.486 e. The Bertz CT molecular complexity index is 1250. The van der Waals surface area contributed by atoms with Gasteiger partial charge in [0, 0.05) is 5.41 Å². The van der Waals surface area contributed by atoms with Crippen molar-refractivity contribution in [3.63, 3.8) is 0 Å². The lowest BCUT2D eigenvalue weighted by molar-refractivity contribution is -0.403. The third kappa shape index (κ3) is 5.03. The largest absolute Gasteiger partial charge is 0.486 e. The second-order valence-electron chi connectivity index (χ2n) is 11.9. The van der Waals surface area contributed by atoms with E-state index in [1.807, 2.05) is 60.7 Å². The second-order valence-corrected chi connectivity index (χ2v) is 14.0. The smallest absolute Gasteiger partial charge is 0.430 e. The number of ether oxygens (including phenoxy) is 1. The molecule has 41 heavy (non-hydrogen) atoms. The number of alkyl halides is 6. The van der Waals surface area contributed by atoms with Crippen LogP contribution >= 0.6 is 0 Å². The van der Waals surface area contributed by atoms with Crippen molar-refractivity contribution in [1.82, 2.24) is 0 Å². The summed E-state index contributed by atoms with van der Waals surface area (Å²) in [4.78, 5) is 2.87.